The van der Waals surface area contributed by atoms with Crippen molar-refractivity contribution in [3.8, 4) is 17.2 Å². The van der Waals surface area contributed by atoms with Gasteiger partial charge in [0.05, 0.1) is 0 Å². The van der Waals surface area contributed by atoms with Crippen LogP contribution in [0.25, 0.3) is 16.8 Å². The first-order valence-electron chi connectivity index (χ1n) is 12.7. The molecule has 6 nitrogen and oxygen atoms in total. The van der Waals surface area contributed by atoms with Gasteiger partial charge in [0.15, 0.2) is 0 Å². The van der Waals surface area contributed by atoms with E-state index < -0.39 is 0 Å². The lowest BCUT2D eigenvalue weighted by Gasteiger charge is -2.06. The van der Waals surface area contributed by atoms with E-state index in [0.717, 1.165) is 24.8 Å². The standard InChI is InChI=1S/C28H36N4O2/c1-2-3-4-5-6-7-8-9-10-11-15-18-26(33)30-25-19-27(34)32-21-24(22-16-13-12-14-17-22)23(20-29)28(32)31-25/h12-14,16-17,19,21,31H,2-11,15,18H2,1H3,(H,30,33). The Labute approximate surface area is 202 Å². The summed E-state index contributed by atoms with van der Waals surface area (Å²) in [4.78, 5) is 28.1. The molecule has 3 aromatic rings. The number of benzene rings is 1. The molecule has 1 aromatic carbocycles. The number of hydrogen-bond donors (Lipinski definition) is 2. The van der Waals surface area contributed by atoms with E-state index in [-0.39, 0.29) is 11.5 Å². The number of fused-ring (bicyclic) bond motifs is 1. The van der Waals surface area contributed by atoms with Crippen molar-refractivity contribution in [2.24, 2.45) is 0 Å². The van der Waals surface area contributed by atoms with Gasteiger partial charge in [-0.25, -0.2) is 0 Å². The van der Waals surface area contributed by atoms with E-state index in [2.05, 4.69) is 23.3 Å². The first kappa shape index (κ1) is 25.3. The molecule has 6 heteroatoms. The Morgan fingerprint density at radius 1 is 0.971 bits per heavy atom. The van der Waals surface area contributed by atoms with Crippen LogP contribution in [0.5, 0.6) is 0 Å². The molecule has 0 aliphatic carbocycles. The summed E-state index contributed by atoms with van der Waals surface area (Å²) in [6, 6.07) is 13.0. The Bertz CT molecular complexity index is 1150. The van der Waals surface area contributed by atoms with Crippen LogP contribution in [0.1, 0.15) is 89.5 Å². The van der Waals surface area contributed by atoms with Crippen LogP contribution in [0.4, 0.5) is 5.82 Å². The van der Waals surface area contributed by atoms with Crippen molar-refractivity contribution in [2.75, 3.05) is 5.32 Å². The zero-order valence-electron chi connectivity index (χ0n) is 20.2. The lowest BCUT2D eigenvalue weighted by molar-refractivity contribution is -0.116. The van der Waals surface area contributed by atoms with E-state index in [0.29, 0.717) is 29.0 Å². The van der Waals surface area contributed by atoms with Gasteiger partial charge < -0.3 is 10.3 Å². The average molecular weight is 461 g/mol. The van der Waals surface area contributed by atoms with E-state index in [4.69, 9.17) is 0 Å². The number of nitriles is 1. The predicted molar refractivity (Wildman–Crippen MR) is 138 cm³/mol. The normalized spacial score (nSPS) is 10.9. The number of unbranched alkanes of at least 4 members (excludes halogenated alkanes) is 10. The van der Waals surface area contributed by atoms with E-state index in [9.17, 15) is 14.9 Å². The number of aromatic amines is 1. The second-order valence-corrected chi connectivity index (χ2v) is 8.97. The summed E-state index contributed by atoms with van der Waals surface area (Å²) < 4.78 is 1.42. The van der Waals surface area contributed by atoms with E-state index in [1.54, 1.807) is 6.20 Å². The third kappa shape index (κ3) is 7.08. The van der Waals surface area contributed by atoms with Crippen molar-refractivity contribution in [2.45, 2.75) is 84.0 Å². The molecule has 0 bridgehead atoms. The van der Waals surface area contributed by atoms with Crippen LogP contribution in [-0.4, -0.2) is 15.3 Å². The molecular formula is C28H36N4O2. The number of hydrogen-bond acceptors (Lipinski definition) is 3. The first-order valence-corrected chi connectivity index (χ1v) is 12.7. The Balaban J connectivity index is 1.48. The quantitative estimate of drug-likeness (QED) is 0.259. The molecule has 2 aromatic heterocycles. The van der Waals surface area contributed by atoms with Gasteiger partial charge in [-0.05, 0) is 12.0 Å². The van der Waals surface area contributed by atoms with Gasteiger partial charge in [0.25, 0.3) is 5.56 Å². The van der Waals surface area contributed by atoms with Crippen molar-refractivity contribution in [3.05, 3.63) is 58.5 Å². The molecule has 0 saturated carbocycles. The second-order valence-electron chi connectivity index (χ2n) is 8.97. The molecule has 2 heterocycles. The van der Waals surface area contributed by atoms with Gasteiger partial charge in [0.1, 0.15) is 23.1 Å². The monoisotopic (exact) mass is 460 g/mol. The molecule has 0 aliphatic heterocycles. The fourth-order valence-electron chi connectivity index (χ4n) is 4.34. The third-order valence-corrected chi connectivity index (χ3v) is 6.24. The highest BCUT2D eigenvalue weighted by Crippen LogP contribution is 2.27. The van der Waals surface area contributed by atoms with Gasteiger partial charge in [-0.1, -0.05) is 101 Å². The molecule has 34 heavy (non-hydrogen) atoms. The van der Waals surface area contributed by atoms with Crippen LogP contribution >= 0.6 is 0 Å². The molecule has 0 atom stereocenters. The largest absolute Gasteiger partial charge is 0.326 e. The summed E-state index contributed by atoms with van der Waals surface area (Å²) in [5, 5.41) is 12.5. The summed E-state index contributed by atoms with van der Waals surface area (Å²) in [6.45, 7) is 2.24. The topological polar surface area (TPSA) is 90.2 Å². The minimum Gasteiger partial charge on any atom is -0.326 e. The number of anilines is 1. The lowest BCUT2D eigenvalue weighted by Crippen LogP contribution is -2.18. The van der Waals surface area contributed by atoms with Crippen LogP contribution < -0.4 is 10.9 Å². The van der Waals surface area contributed by atoms with E-state index in [1.165, 1.54) is 61.8 Å². The van der Waals surface area contributed by atoms with Crippen LogP contribution in [0.2, 0.25) is 0 Å². The zero-order chi connectivity index (χ0) is 24.2. The summed E-state index contributed by atoms with van der Waals surface area (Å²) >= 11 is 0. The van der Waals surface area contributed by atoms with Crippen molar-refractivity contribution in [1.29, 1.82) is 5.26 Å². The average Bonchev–Trinajstić information content (AvgIpc) is 3.22. The number of carbonyl (C=O) groups excluding carboxylic acids is 1. The molecule has 0 unspecified atom stereocenters. The van der Waals surface area contributed by atoms with Gasteiger partial charge in [-0.2, -0.15) is 5.26 Å². The number of carbonyl (C=O) groups is 1. The Morgan fingerprint density at radius 2 is 1.59 bits per heavy atom. The minimum atomic E-state index is -0.294. The van der Waals surface area contributed by atoms with Gasteiger partial charge in [0, 0.05) is 24.2 Å². The molecule has 180 valence electrons. The van der Waals surface area contributed by atoms with Gasteiger partial charge >= 0.3 is 0 Å². The summed E-state index contributed by atoms with van der Waals surface area (Å²) in [5.41, 5.74) is 2.01. The zero-order valence-corrected chi connectivity index (χ0v) is 20.2. The summed E-state index contributed by atoms with van der Waals surface area (Å²) in [6.07, 6.45) is 15.6. The third-order valence-electron chi connectivity index (χ3n) is 6.24. The molecule has 3 rings (SSSR count). The highest BCUT2D eigenvalue weighted by molar-refractivity contribution is 5.90. The molecule has 1 amide bonds. The first-order chi connectivity index (χ1) is 16.6. The van der Waals surface area contributed by atoms with Gasteiger partial charge in [-0.15, -0.1) is 0 Å². The molecule has 2 N–H and O–H groups in total. The minimum absolute atomic E-state index is 0.121. The number of nitrogens with zero attached hydrogens (tertiary/aromatic N) is 2. The van der Waals surface area contributed by atoms with Crippen molar-refractivity contribution in [3.63, 3.8) is 0 Å². The number of amides is 1. The van der Waals surface area contributed by atoms with Crippen molar-refractivity contribution >= 4 is 17.4 Å². The maximum atomic E-state index is 12.6. The maximum absolute atomic E-state index is 12.6. The molecule has 0 aliphatic rings. The molecule has 0 fully saturated rings. The molecule has 0 saturated heterocycles. The number of aromatic nitrogens is 2. The SMILES string of the molecule is CCCCCCCCCCCCCC(=O)Nc1cc(=O)n2cc(-c3ccccc3)c(C#N)c2[nH]1. The fourth-order valence-corrected chi connectivity index (χ4v) is 4.34. The second kappa shape index (κ2) is 13.4. The molecular weight excluding hydrogens is 424 g/mol. The maximum Gasteiger partial charge on any atom is 0.259 e. The lowest BCUT2D eigenvalue weighted by atomic mass is 10.1. The molecule has 0 spiro atoms. The van der Waals surface area contributed by atoms with Crippen molar-refractivity contribution in [1.82, 2.24) is 9.38 Å². The number of H-pyrrole nitrogens is 1. The smallest absolute Gasteiger partial charge is 0.259 e. The number of nitrogens with one attached hydrogen (secondary N) is 2. The van der Waals surface area contributed by atoms with Crippen LogP contribution in [-0.2, 0) is 4.79 Å². The molecule has 0 radical (unpaired) electrons. The Kier molecular flexibility index (Phi) is 9.97. The predicted octanol–water partition coefficient (Wildman–Crippen LogP) is 6.81. The summed E-state index contributed by atoms with van der Waals surface area (Å²) in [7, 11) is 0. The summed E-state index contributed by atoms with van der Waals surface area (Å²) in [5.74, 6) is 0.198. The van der Waals surface area contributed by atoms with Crippen LogP contribution in [0, 0.1) is 11.3 Å². The highest BCUT2D eigenvalue weighted by Gasteiger charge is 2.15. The van der Waals surface area contributed by atoms with Gasteiger partial charge in [0.2, 0.25) is 5.91 Å². The van der Waals surface area contributed by atoms with Crippen LogP contribution in [0.15, 0.2) is 47.4 Å². The Morgan fingerprint density at radius 3 is 2.21 bits per heavy atom. The fraction of sp³-hybridized carbons (Fsp3) is 0.464. The Hall–Kier alpha value is -3.33. The van der Waals surface area contributed by atoms with Crippen molar-refractivity contribution < 1.29 is 4.79 Å². The van der Waals surface area contributed by atoms with E-state index >= 15 is 0 Å². The highest BCUT2D eigenvalue weighted by atomic mass is 16.1. The number of rotatable bonds is 14. The van der Waals surface area contributed by atoms with Crippen LogP contribution in [0.3, 0.4) is 0 Å². The van der Waals surface area contributed by atoms with Gasteiger partial charge in [-0.3, -0.25) is 14.0 Å². The van der Waals surface area contributed by atoms with E-state index in [1.807, 2.05) is 30.3 Å².